The number of benzene rings is 1. The summed E-state index contributed by atoms with van der Waals surface area (Å²) in [6.07, 6.45) is 0.939. The van der Waals surface area contributed by atoms with Crippen LogP contribution in [-0.2, 0) is 11.2 Å². The van der Waals surface area contributed by atoms with Crippen LogP contribution in [0.1, 0.15) is 31.0 Å². The van der Waals surface area contributed by atoms with Crippen LogP contribution in [0.3, 0.4) is 0 Å². The molecular formula is C13H19NOS. The maximum Gasteiger partial charge on any atom is 0.181 e. The van der Waals surface area contributed by atoms with Crippen molar-refractivity contribution in [3.8, 4) is 0 Å². The van der Waals surface area contributed by atoms with E-state index in [9.17, 15) is 0 Å². The Morgan fingerprint density at radius 3 is 2.69 bits per heavy atom. The van der Waals surface area contributed by atoms with Crippen LogP contribution in [-0.4, -0.2) is 18.7 Å². The molecule has 0 fully saturated rings. The number of thiocarbonyl (C=S) groups is 1. The summed E-state index contributed by atoms with van der Waals surface area (Å²) in [4.78, 5) is 0. The second-order valence-electron chi connectivity index (χ2n) is 3.34. The van der Waals surface area contributed by atoms with E-state index in [0.717, 1.165) is 6.42 Å². The quantitative estimate of drug-likeness (QED) is 0.759. The summed E-state index contributed by atoms with van der Waals surface area (Å²) in [6, 6.07) is 8.40. The molecule has 1 aliphatic heterocycles. The fourth-order valence-electron chi connectivity index (χ4n) is 1.79. The van der Waals surface area contributed by atoms with Crippen LogP contribution in [0.5, 0.6) is 0 Å². The normalized spacial score (nSPS) is 18.7. The summed E-state index contributed by atoms with van der Waals surface area (Å²) in [6.45, 7) is 4.69. The number of fused-ring (bicyclic) bond motifs is 1. The molecule has 2 rings (SSSR count). The van der Waals surface area contributed by atoms with E-state index in [4.69, 9.17) is 17.0 Å². The van der Waals surface area contributed by atoms with E-state index in [1.165, 1.54) is 11.1 Å². The fraction of sp³-hybridized carbons (Fsp3) is 0.462. The molecule has 0 saturated heterocycles. The van der Waals surface area contributed by atoms with Gasteiger partial charge in [-0.1, -0.05) is 38.1 Å². The second kappa shape index (κ2) is 6.61. The first-order valence-electron chi connectivity index (χ1n) is 5.74. The highest BCUT2D eigenvalue weighted by Gasteiger charge is 2.21. The molecule has 1 aliphatic rings. The molecule has 1 heterocycles. The van der Waals surface area contributed by atoms with Gasteiger partial charge in [0.15, 0.2) is 5.05 Å². The molecule has 88 valence electrons. The Bertz CT molecular complexity index is 352. The van der Waals surface area contributed by atoms with Crippen molar-refractivity contribution in [1.29, 1.82) is 0 Å². The van der Waals surface area contributed by atoms with Crippen molar-refractivity contribution in [2.45, 2.75) is 26.3 Å². The molecule has 16 heavy (non-hydrogen) atoms. The molecule has 1 atom stereocenters. The first-order valence-corrected chi connectivity index (χ1v) is 6.15. The van der Waals surface area contributed by atoms with Crippen molar-refractivity contribution < 1.29 is 4.74 Å². The van der Waals surface area contributed by atoms with Crippen LogP contribution >= 0.6 is 12.2 Å². The first kappa shape index (κ1) is 13.1. The lowest BCUT2D eigenvalue weighted by molar-refractivity contribution is 0.307. The average Bonchev–Trinajstić information content (AvgIpc) is 2.50. The van der Waals surface area contributed by atoms with Gasteiger partial charge in [0.1, 0.15) is 6.04 Å². The summed E-state index contributed by atoms with van der Waals surface area (Å²) in [5.74, 6) is 0. The smallest absolute Gasteiger partial charge is 0.181 e. The Balaban J connectivity index is 0.000000606. The lowest BCUT2D eigenvalue weighted by Crippen LogP contribution is -2.25. The number of nitrogens with one attached hydrogen (secondary N) is 1. The molecule has 0 saturated carbocycles. The maximum absolute atomic E-state index is 5.46. The van der Waals surface area contributed by atoms with E-state index in [-0.39, 0.29) is 6.04 Å². The van der Waals surface area contributed by atoms with E-state index in [2.05, 4.69) is 23.5 Å². The van der Waals surface area contributed by atoms with Gasteiger partial charge in [-0.05, 0) is 30.4 Å². The molecule has 0 amide bonds. The molecular weight excluding hydrogens is 218 g/mol. The van der Waals surface area contributed by atoms with Crippen LogP contribution in [0.4, 0.5) is 0 Å². The average molecular weight is 237 g/mol. The first-order chi connectivity index (χ1) is 7.83. The van der Waals surface area contributed by atoms with E-state index in [1.54, 1.807) is 0 Å². The van der Waals surface area contributed by atoms with Gasteiger partial charge in [0.05, 0.1) is 6.61 Å². The summed E-state index contributed by atoms with van der Waals surface area (Å²) in [5.41, 5.74) is 2.57. The molecule has 0 spiro atoms. The molecule has 0 aromatic heterocycles. The minimum absolute atomic E-state index is 0.0590. The maximum atomic E-state index is 5.46. The topological polar surface area (TPSA) is 21.3 Å². The van der Waals surface area contributed by atoms with Crippen molar-refractivity contribution in [2.75, 3.05) is 13.7 Å². The molecule has 1 aromatic carbocycles. The zero-order chi connectivity index (χ0) is 12.0. The summed E-state index contributed by atoms with van der Waals surface area (Å²) in [7, 11) is 1.91. The van der Waals surface area contributed by atoms with E-state index < -0.39 is 0 Å². The van der Waals surface area contributed by atoms with Crippen molar-refractivity contribution in [3.63, 3.8) is 0 Å². The Morgan fingerprint density at radius 1 is 1.31 bits per heavy atom. The van der Waals surface area contributed by atoms with Crippen molar-refractivity contribution in [3.05, 3.63) is 35.4 Å². The molecule has 0 bridgehead atoms. The minimum Gasteiger partial charge on any atom is -0.485 e. The van der Waals surface area contributed by atoms with E-state index >= 15 is 0 Å². The number of hydrogen-bond donors (Lipinski definition) is 1. The lowest BCUT2D eigenvalue weighted by atomic mass is 10.00. The summed E-state index contributed by atoms with van der Waals surface area (Å²) >= 11 is 5.20. The Labute approximate surface area is 103 Å². The van der Waals surface area contributed by atoms with Gasteiger partial charge < -0.3 is 10.1 Å². The monoisotopic (exact) mass is 237 g/mol. The molecule has 1 unspecified atom stereocenters. The van der Waals surface area contributed by atoms with Gasteiger partial charge in [0, 0.05) is 6.42 Å². The van der Waals surface area contributed by atoms with Gasteiger partial charge >= 0.3 is 0 Å². The zero-order valence-corrected chi connectivity index (χ0v) is 10.9. The Hall–Kier alpha value is -0.930. The molecule has 3 heteroatoms. The summed E-state index contributed by atoms with van der Waals surface area (Å²) < 4.78 is 5.46. The molecule has 1 N–H and O–H groups in total. The van der Waals surface area contributed by atoms with Gasteiger partial charge in [-0.25, -0.2) is 0 Å². The van der Waals surface area contributed by atoms with Gasteiger partial charge in [0.25, 0.3) is 0 Å². The lowest BCUT2D eigenvalue weighted by Gasteiger charge is -2.16. The standard InChI is InChI=1S/C11H13NOS.C2H6/c1-12-10-9-5-3-2-4-8(9)6-7-13-11(10)14;1-2/h2-5,10,12H,6-7H2,1H3;1-2H3. The van der Waals surface area contributed by atoms with Crippen molar-refractivity contribution >= 4 is 17.3 Å². The zero-order valence-electron chi connectivity index (χ0n) is 10.1. The third-order valence-electron chi connectivity index (χ3n) is 2.51. The van der Waals surface area contributed by atoms with Crippen LogP contribution in [0.15, 0.2) is 24.3 Å². The van der Waals surface area contributed by atoms with Gasteiger partial charge in [-0.3, -0.25) is 0 Å². The predicted molar refractivity (Wildman–Crippen MR) is 71.8 cm³/mol. The fourth-order valence-corrected chi connectivity index (χ4v) is 2.12. The van der Waals surface area contributed by atoms with Crippen molar-refractivity contribution in [1.82, 2.24) is 5.32 Å². The van der Waals surface area contributed by atoms with Crippen LogP contribution in [0.2, 0.25) is 0 Å². The van der Waals surface area contributed by atoms with Crippen LogP contribution in [0.25, 0.3) is 0 Å². The van der Waals surface area contributed by atoms with Crippen LogP contribution in [0, 0.1) is 0 Å². The second-order valence-corrected chi connectivity index (χ2v) is 3.74. The highest BCUT2D eigenvalue weighted by atomic mass is 32.1. The van der Waals surface area contributed by atoms with Gasteiger partial charge in [0.2, 0.25) is 0 Å². The Morgan fingerprint density at radius 2 is 2.00 bits per heavy atom. The van der Waals surface area contributed by atoms with Gasteiger partial charge in [-0.2, -0.15) is 0 Å². The third-order valence-corrected chi connectivity index (χ3v) is 2.86. The van der Waals surface area contributed by atoms with E-state index in [1.807, 2.05) is 27.0 Å². The third kappa shape index (κ3) is 2.80. The highest BCUT2D eigenvalue weighted by molar-refractivity contribution is 7.80. The number of likely N-dealkylation sites (N-methyl/N-ethyl adjacent to an activating group) is 1. The highest BCUT2D eigenvalue weighted by Crippen LogP contribution is 2.23. The Kier molecular flexibility index (Phi) is 5.43. The van der Waals surface area contributed by atoms with Gasteiger partial charge in [-0.15, -0.1) is 0 Å². The molecule has 2 nitrogen and oxygen atoms in total. The van der Waals surface area contributed by atoms with Crippen LogP contribution < -0.4 is 5.32 Å². The summed E-state index contributed by atoms with van der Waals surface area (Å²) in [5, 5.41) is 3.83. The van der Waals surface area contributed by atoms with E-state index in [0.29, 0.717) is 11.7 Å². The molecule has 0 aliphatic carbocycles. The predicted octanol–water partition coefficient (Wildman–Crippen LogP) is 2.87. The minimum atomic E-state index is 0.0590. The largest absolute Gasteiger partial charge is 0.485 e. The SMILES string of the molecule is CC.CNC1C(=S)OCCc2ccccc21. The number of rotatable bonds is 1. The number of ether oxygens (including phenoxy) is 1. The molecule has 1 aromatic rings. The number of hydrogen-bond acceptors (Lipinski definition) is 3. The van der Waals surface area contributed by atoms with Crippen molar-refractivity contribution in [2.24, 2.45) is 0 Å². The molecule has 0 radical (unpaired) electrons.